The largest absolute Gasteiger partial charge is 0.453 e. The molecule has 3 aromatic rings. The van der Waals surface area contributed by atoms with Crippen molar-refractivity contribution in [2.45, 2.75) is 74.5 Å². The topological polar surface area (TPSA) is 134 Å². The van der Waals surface area contributed by atoms with Crippen LogP contribution >= 0.6 is 0 Å². The molecule has 0 unspecified atom stereocenters. The van der Waals surface area contributed by atoms with E-state index in [9.17, 15) is 15.2 Å². The summed E-state index contributed by atoms with van der Waals surface area (Å²) in [7, 11) is 0. The van der Waals surface area contributed by atoms with E-state index < -0.39 is 16.7 Å². The van der Waals surface area contributed by atoms with Crippen LogP contribution in [0.25, 0.3) is 22.1 Å². The van der Waals surface area contributed by atoms with Crippen LogP contribution in [0, 0.1) is 11.3 Å². The average molecular weight is 527 g/mol. The molecule has 0 spiro atoms. The number of benzene rings is 2. The molecule has 8 heteroatoms. The van der Waals surface area contributed by atoms with E-state index in [0.717, 1.165) is 41.3 Å². The van der Waals surface area contributed by atoms with E-state index in [4.69, 9.17) is 19.9 Å². The molecule has 2 saturated carbocycles. The number of rotatable bonds is 6. The minimum Gasteiger partial charge on any atom is -0.453 e. The number of nitriles is 1. The number of hydrogen-bond acceptors (Lipinski definition) is 6. The summed E-state index contributed by atoms with van der Waals surface area (Å²) in [6, 6.07) is 18.1. The Morgan fingerprint density at radius 3 is 2.31 bits per heavy atom. The highest BCUT2D eigenvalue weighted by Gasteiger charge is 2.49. The zero-order chi connectivity index (χ0) is 27.1. The molecule has 0 atom stereocenters. The highest BCUT2D eigenvalue weighted by molar-refractivity contribution is 6.01. The standard InChI is InChI=1S/C31H34N4O4/c32-20-29(12-13-29)35-28(36)30(10-2-1-3-11-30)34-27(33)26-19-23-5-4-22(18-25(23)39-26)21-6-8-24(9-7-21)31(37)14-16-38-17-15-31/h4-9,18-19,37H,1-3,10-17H2,(H2,33,34)(H,35,36). The number of ether oxygens (including phenoxy) is 1. The van der Waals surface area contributed by atoms with Crippen LogP contribution in [0.3, 0.4) is 0 Å². The van der Waals surface area contributed by atoms with Crippen LogP contribution in [0.5, 0.6) is 0 Å². The fraction of sp³-hybridized carbons (Fsp3) is 0.452. The van der Waals surface area contributed by atoms with Crippen molar-refractivity contribution in [3.63, 3.8) is 0 Å². The second-order valence-electron chi connectivity index (χ2n) is 11.3. The Morgan fingerprint density at radius 1 is 0.949 bits per heavy atom. The molecule has 39 heavy (non-hydrogen) atoms. The first kappa shape index (κ1) is 25.6. The van der Waals surface area contributed by atoms with Gasteiger partial charge in [-0.2, -0.15) is 5.26 Å². The van der Waals surface area contributed by atoms with Gasteiger partial charge in [-0.15, -0.1) is 0 Å². The number of nitrogens with zero attached hydrogens (tertiary/aromatic N) is 2. The SMILES string of the molecule is N#CC1(NC(=O)C2(N=C(N)c3cc4ccc(-c5ccc(C6(O)CCOCC6)cc5)cc4o3)CCCCC2)CC1. The minimum absolute atomic E-state index is 0.195. The molecule has 0 radical (unpaired) electrons. The summed E-state index contributed by atoms with van der Waals surface area (Å²) in [6.45, 7) is 1.13. The summed E-state index contributed by atoms with van der Waals surface area (Å²) in [5, 5.41) is 24.3. The molecule has 1 aromatic heterocycles. The third kappa shape index (κ3) is 4.93. The molecule has 8 nitrogen and oxygen atoms in total. The zero-order valence-electron chi connectivity index (χ0n) is 22.0. The van der Waals surface area contributed by atoms with Gasteiger partial charge in [0.05, 0.1) is 11.7 Å². The van der Waals surface area contributed by atoms with Gasteiger partial charge in [-0.25, -0.2) is 4.99 Å². The Labute approximate surface area is 227 Å². The Bertz CT molecular complexity index is 1450. The molecule has 6 rings (SSSR count). The average Bonchev–Trinajstić information content (AvgIpc) is 3.60. The second-order valence-corrected chi connectivity index (χ2v) is 11.3. The number of amidine groups is 1. The van der Waals surface area contributed by atoms with Crippen molar-refractivity contribution >= 4 is 22.7 Å². The maximum atomic E-state index is 13.3. The van der Waals surface area contributed by atoms with Crippen LogP contribution < -0.4 is 11.1 Å². The number of aliphatic imine (C=N–C) groups is 1. The fourth-order valence-corrected chi connectivity index (χ4v) is 5.84. The first-order valence-electron chi connectivity index (χ1n) is 13.9. The third-order valence-corrected chi connectivity index (χ3v) is 8.60. The lowest BCUT2D eigenvalue weighted by atomic mass is 9.81. The van der Waals surface area contributed by atoms with Crippen molar-refractivity contribution in [3.05, 3.63) is 59.9 Å². The lowest BCUT2D eigenvalue weighted by Crippen LogP contribution is -2.51. The summed E-state index contributed by atoms with van der Waals surface area (Å²) in [6.07, 6.45) is 6.57. The Hall–Kier alpha value is -3.67. The highest BCUT2D eigenvalue weighted by atomic mass is 16.5. The predicted octanol–water partition coefficient (Wildman–Crippen LogP) is 4.68. The molecule has 1 aliphatic heterocycles. The van der Waals surface area contributed by atoms with E-state index in [0.29, 0.717) is 63.1 Å². The van der Waals surface area contributed by atoms with Gasteiger partial charge in [0.1, 0.15) is 16.7 Å². The molecule has 2 heterocycles. The molecule has 1 amide bonds. The van der Waals surface area contributed by atoms with Crippen molar-refractivity contribution in [1.29, 1.82) is 5.26 Å². The summed E-state index contributed by atoms with van der Waals surface area (Å²) in [5.41, 5.74) is 7.47. The van der Waals surface area contributed by atoms with E-state index in [1.54, 1.807) is 0 Å². The molecule has 202 valence electrons. The van der Waals surface area contributed by atoms with Gasteiger partial charge in [0.2, 0.25) is 5.91 Å². The molecule has 2 aliphatic carbocycles. The number of aliphatic hydroxyl groups is 1. The van der Waals surface area contributed by atoms with Gasteiger partial charge < -0.3 is 25.3 Å². The summed E-state index contributed by atoms with van der Waals surface area (Å²) >= 11 is 0. The van der Waals surface area contributed by atoms with Crippen LogP contribution in [0.2, 0.25) is 0 Å². The van der Waals surface area contributed by atoms with Crippen molar-refractivity contribution in [3.8, 4) is 17.2 Å². The lowest BCUT2D eigenvalue weighted by molar-refractivity contribution is -0.128. The Morgan fingerprint density at radius 2 is 1.64 bits per heavy atom. The predicted molar refractivity (Wildman–Crippen MR) is 148 cm³/mol. The molecule has 1 saturated heterocycles. The van der Waals surface area contributed by atoms with E-state index in [-0.39, 0.29) is 11.7 Å². The van der Waals surface area contributed by atoms with Crippen molar-refractivity contribution in [2.24, 2.45) is 10.7 Å². The Kier molecular flexibility index (Phi) is 6.44. The first-order chi connectivity index (χ1) is 18.8. The van der Waals surface area contributed by atoms with E-state index >= 15 is 0 Å². The number of nitrogens with two attached hydrogens (primary N) is 1. The fourth-order valence-electron chi connectivity index (χ4n) is 5.84. The van der Waals surface area contributed by atoms with Crippen LogP contribution in [-0.2, 0) is 15.1 Å². The minimum atomic E-state index is -0.977. The third-order valence-electron chi connectivity index (χ3n) is 8.60. The van der Waals surface area contributed by atoms with Crippen molar-refractivity contribution in [1.82, 2.24) is 5.32 Å². The number of nitrogens with one attached hydrogen (secondary N) is 1. The molecule has 0 bridgehead atoms. The zero-order valence-corrected chi connectivity index (χ0v) is 22.0. The number of amides is 1. The second kappa shape index (κ2) is 9.82. The van der Waals surface area contributed by atoms with Gasteiger partial charge in [-0.05, 0) is 54.5 Å². The first-order valence-corrected chi connectivity index (χ1v) is 13.9. The van der Waals surface area contributed by atoms with E-state index in [1.807, 2.05) is 48.5 Å². The highest BCUT2D eigenvalue weighted by Crippen LogP contribution is 2.39. The maximum Gasteiger partial charge on any atom is 0.249 e. The molecular formula is C31H34N4O4. The van der Waals surface area contributed by atoms with Crippen LogP contribution in [0.4, 0.5) is 0 Å². The lowest BCUT2D eigenvalue weighted by Gasteiger charge is -2.33. The van der Waals surface area contributed by atoms with Gasteiger partial charge in [-0.1, -0.05) is 55.7 Å². The van der Waals surface area contributed by atoms with Gasteiger partial charge >= 0.3 is 0 Å². The number of fused-ring (bicyclic) bond motifs is 1. The van der Waals surface area contributed by atoms with Crippen LogP contribution in [0.15, 0.2) is 57.9 Å². The molecule has 3 fully saturated rings. The number of hydrogen-bond donors (Lipinski definition) is 3. The summed E-state index contributed by atoms with van der Waals surface area (Å²) < 4.78 is 11.5. The van der Waals surface area contributed by atoms with Gasteiger partial charge in [0.25, 0.3) is 0 Å². The van der Waals surface area contributed by atoms with Gasteiger partial charge in [-0.3, -0.25) is 4.79 Å². The monoisotopic (exact) mass is 526 g/mol. The number of carbonyl (C=O) groups excluding carboxylic acids is 1. The quantitative estimate of drug-likeness (QED) is 0.315. The number of carbonyl (C=O) groups is 1. The van der Waals surface area contributed by atoms with Gasteiger partial charge in [0.15, 0.2) is 11.6 Å². The van der Waals surface area contributed by atoms with Crippen molar-refractivity contribution in [2.75, 3.05) is 13.2 Å². The summed E-state index contributed by atoms with van der Waals surface area (Å²) in [5.74, 6) is 0.413. The normalized spacial score (nSPS) is 21.7. The van der Waals surface area contributed by atoms with E-state index in [2.05, 4.69) is 11.4 Å². The molecule has 2 aromatic carbocycles. The maximum absolute atomic E-state index is 13.3. The van der Waals surface area contributed by atoms with Crippen LogP contribution in [0.1, 0.15) is 69.1 Å². The molecule has 4 N–H and O–H groups in total. The molecular weight excluding hydrogens is 492 g/mol. The van der Waals surface area contributed by atoms with Gasteiger partial charge in [0, 0.05) is 31.4 Å². The van der Waals surface area contributed by atoms with Crippen molar-refractivity contribution < 1.29 is 19.1 Å². The Balaban J connectivity index is 1.25. The number of furan rings is 1. The smallest absolute Gasteiger partial charge is 0.249 e. The van der Waals surface area contributed by atoms with Crippen LogP contribution in [-0.4, -0.2) is 41.1 Å². The van der Waals surface area contributed by atoms with E-state index in [1.165, 1.54) is 0 Å². The summed E-state index contributed by atoms with van der Waals surface area (Å²) in [4.78, 5) is 18.1. The molecule has 3 aliphatic rings.